The van der Waals surface area contributed by atoms with Crippen LogP contribution in [-0.4, -0.2) is 24.8 Å². The van der Waals surface area contributed by atoms with E-state index < -0.39 is 0 Å². The summed E-state index contributed by atoms with van der Waals surface area (Å²) in [5.74, 6) is 0.469. The number of imidazole rings is 1. The maximum absolute atomic E-state index is 5.73. The topological polar surface area (TPSA) is 84.9 Å². The molecule has 0 spiro atoms. The van der Waals surface area contributed by atoms with Crippen LogP contribution < -0.4 is 5.73 Å². The molecule has 0 bridgehead atoms. The van der Waals surface area contributed by atoms with Crippen LogP contribution in [0.25, 0.3) is 27.8 Å². The van der Waals surface area contributed by atoms with Gasteiger partial charge in [-0.15, -0.1) is 5.10 Å². The zero-order valence-electron chi connectivity index (χ0n) is 9.91. The van der Waals surface area contributed by atoms with Gasteiger partial charge in [-0.1, -0.05) is 6.07 Å². The first-order valence-electron chi connectivity index (χ1n) is 5.85. The summed E-state index contributed by atoms with van der Waals surface area (Å²) in [4.78, 5) is 4.33. The lowest BCUT2D eigenvalue weighted by Gasteiger charge is -2.02. The van der Waals surface area contributed by atoms with E-state index in [0.29, 0.717) is 5.82 Å². The summed E-state index contributed by atoms with van der Waals surface area (Å²) in [5, 5.41) is 12.3. The quantitative estimate of drug-likeness (QED) is 0.540. The normalized spacial score (nSPS) is 11.4. The predicted molar refractivity (Wildman–Crippen MR) is 72.5 cm³/mol. The molecule has 1 aromatic carbocycles. The molecule has 0 radical (unpaired) electrons. The summed E-state index contributed by atoms with van der Waals surface area (Å²) < 4.78 is 1.75. The third kappa shape index (κ3) is 1.46. The Labute approximate surface area is 107 Å². The molecule has 3 N–H and O–H groups in total. The lowest BCUT2D eigenvalue weighted by atomic mass is 10.1. The second-order valence-corrected chi connectivity index (χ2v) is 4.34. The zero-order valence-corrected chi connectivity index (χ0v) is 9.91. The molecule has 0 aliphatic rings. The SMILES string of the molecule is Nc1ccc2ncc(-c3ccc4[nH]ncc4c3)n2n1. The third-order valence-electron chi connectivity index (χ3n) is 3.12. The molecular weight excluding hydrogens is 240 g/mol. The van der Waals surface area contributed by atoms with Crippen LogP contribution in [-0.2, 0) is 0 Å². The van der Waals surface area contributed by atoms with Crippen molar-refractivity contribution in [2.75, 3.05) is 5.73 Å². The van der Waals surface area contributed by atoms with Crippen LogP contribution in [0.2, 0.25) is 0 Å². The highest BCUT2D eigenvalue weighted by Gasteiger charge is 2.08. The zero-order chi connectivity index (χ0) is 12.8. The highest BCUT2D eigenvalue weighted by molar-refractivity contribution is 5.83. The number of nitrogens with two attached hydrogens (primary N) is 1. The number of fused-ring (bicyclic) bond motifs is 2. The maximum Gasteiger partial charge on any atom is 0.154 e. The first-order valence-corrected chi connectivity index (χ1v) is 5.85. The predicted octanol–water partition coefficient (Wildman–Crippen LogP) is 1.85. The van der Waals surface area contributed by atoms with Crippen LogP contribution >= 0.6 is 0 Å². The van der Waals surface area contributed by atoms with E-state index in [9.17, 15) is 0 Å². The van der Waals surface area contributed by atoms with Gasteiger partial charge in [0.15, 0.2) is 5.65 Å². The second-order valence-electron chi connectivity index (χ2n) is 4.34. The smallest absolute Gasteiger partial charge is 0.154 e. The summed E-state index contributed by atoms with van der Waals surface area (Å²) in [6.07, 6.45) is 3.59. The average Bonchev–Trinajstić information content (AvgIpc) is 3.03. The molecule has 4 rings (SSSR count). The number of anilines is 1. The van der Waals surface area contributed by atoms with Crippen molar-refractivity contribution in [1.29, 1.82) is 0 Å². The van der Waals surface area contributed by atoms with Gasteiger partial charge >= 0.3 is 0 Å². The maximum atomic E-state index is 5.73. The average molecular weight is 250 g/mol. The monoisotopic (exact) mass is 250 g/mol. The van der Waals surface area contributed by atoms with Gasteiger partial charge in [0.05, 0.1) is 23.6 Å². The van der Waals surface area contributed by atoms with Gasteiger partial charge in [-0.25, -0.2) is 9.50 Å². The van der Waals surface area contributed by atoms with Crippen LogP contribution in [0.4, 0.5) is 5.82 Å². The Morgan fingerprint density at radius 2 is 2.05 bits per heavy atom. The minimum absolute atomic E-state index is 0.469. The number of rotatable bonds is 1. The molecule has 6 nitrogen and oxygen atoms in total. The molecule has 4 aromatic rings. The molecule has 0 aliphatic heterocycles. The first kappa shape index (κ1) is 10.1. The fraction of sp³-hybridized carbons (Fsp3) is 0. The Bertz CT molecular complexity index is 888. The van der Waals surface area contributed by atoms with Crippen molar-refractivity contribution >= 4 is 22.4 Å². The van der Waals surface area contributed by atoms with Gasteiger partial charge in [0, 0.05) is 10.9 Å². The van der Waals surface area contributed by atoms with Gasteiger partial charge in [-0.05, 0) is 24.3 Å². The highest BCUT2D eigenvalue weighted by Crippen LogP contribution is 2.24. The highest BCUT2D eigenvalue weighted by atomic mass is 15.3. The fourth-order valence-corrected chi connectivity index (χ4v) is 2.19. The third-order valence-corrected chi connectivity index (χ3v) is 3.12. The van der Waals surface area contributed by atoms with Gasteiger partial charge in [0.1, 0.15) is 5.82 Å². The molecule has 0 aliphatic carbocycles. The largest absolute Gasteiger partial charge is 0.382 e. The van der Waals surface area contributed by atoms with Gasteiger partial charge in [0.25, 0.3) is 0 Å². The van der Waals surface area contributed by atoms with E-state index in [0.717, 1.165) is 27.8 Å². The molecule has 0 saturated carbocycles. The molecule has 92 valence electrons. The summed E-state index contributed by atoms with van der Waals surface area (Å²) in [5.41, 5.74) is 9.44. The van der Waals surface area contributed by atoms with E-state index in [1.54, 1.807) is 23.0 Å². The minimum atomic E-state index is 0.469. The minimum Gasteiger partial charge on any atom is -0.382 e. The molecule has 6 heteroatoms. The molecule has 19 heavy (non-hydrogen) atoms. The number of benzene rings is 1. The van der Waals surface area contributed by atoms with Crippen LogP contribution in [0.15, 0.2) is 42.7 Å². The Kier molecular flexibility index (Phi) is 1.88. The number of nitrogens with zero attached hydrogens (tertiary/aromatic N) is 4. The van der Waals surface area contributed by atoms with Crippen molar-refractivity contribution in [2.45, 2.75) is 0 Å². The molecule has 0 atom stereocenters. The van der Waals surface area contributed by atoms with Crippen molar-refractivity contribution < 1.29 is 0 Å². The first-order chi connectivity index (χ1) is 9.31. The van der Waals surface area contributed by atoms with E-state index in [-0.39, 0.29) is 0 Å². The second kappa shape index (κ2) is 3.55. The van der Waals surface area contributed by atoms with Crippen LogP contribution in [0.1, 0.15) is 0 Å². The summed E-state index contributed by atoms with van der Waals surface area (Å²) in [6, 6.07) is 9.64. The van der Waals surface area contributed by atoms with Gasteiger partial charge < -0.3 is 5.73 Å². The molecule has 0 fully saturated rings. The van der Waals surface area contributed by atoms with Gasteiger partial charge in [-0.3, -0.25) is 5.10 Å². The van der Waals surface area contributed by atoms with E-state index in [2.05, 4.69) is 20.3 Å². The molecule has 0 amide bonds. The summed E-state index contributed by atoms with van der Waals surface area (Å²) in [6.45, 7) is 0. The van der Waals surface area contributed by atoms with Gasteiger partial charge in [-0.2, -0.15) is 5.10 Å². The molecule has 3 heterocycles. The van der Waals surface area contributed by atoms with Crippen LogP contribution in [0.3, 0.4) is 0 Å². The molecule has 3 aromatic heterocycles. The number of nitrogen functional groups attached to an aromatic ring is 1. The number of H-pyrrole nitrogens is 1. The number of hydrogen-bond donors (Lipinski definition) is 2. The van der Waals surface area contributed by atoms with E-state index >= 15 is 0 Å². The van der Waals surface area contributed by atoms with Crippen molar-refractivity contribution in [2.24, 2.45) is 0 Å². The van der Waals surface area contributed by atoms with Gasteiger partial charge in [0.2, 0.25) is 0 Å². The van der Waals surface area contributed by atoms with Crippen molar-refractivity contribution in [3.63, 3.8) is 0 Å². The number of nitrogens with one attached hydrogen (secondary N) is 1. The lowest BCUT2D eigenvalue weighted by molar-refractivity contribution is 0.952. The Hall–Kier alpha value is -2.89. The lowest BCUT2D eigenvalue weighted by Crippen LogP contribution is -1.98. The Balaban J connectivity index is 2.00. The van der Waals surface area contributed by atoms with E-state index in [1.165, 1.54) is 0 Å². The molecule has 0 saturated heterocycles. The Morgan fingerprint density at radius 1 is 1.11 bits per heavy atom. The standard InChI is InChI=1S/C13H10N6/c14-12-3-4-13-15-7-11(19(13)18-12)8-1-2-10-9(5-8)6-16-17-10/h1-7H,(H2,14,18)(H,16,17). The van der Waals surface area contributed by atoms with E-state index in [1.807, 2.05) is 24.3 Å². The van der Waals surface area contributed by atoms with E-state index in [4.69, 9.17) is 5.73 Å². The van der Waals surface area contributed by atoms with Crippen molar-refractivity contribution in [3.8, 4) is 11.3 Å². The van der Waals surface area contributed by atoms with Crippen LogP contribution in [0.5, 0.6) is 0 Å². The van der Waals surface area contributed by atoms with Crippen molar-refractivity contribution in [1.82, 2.24) is 24.8 Å². The molecule has 0 unspecified atom stereocenters. The number of aromatic nitrogens is 5. The van der Waals surface area contributed by atoms with Crippen LogP contribution in [0, 0.1) is 0 Å². The fourth-order valence-electron chi connectivity index (χ4n) is 2.19. The molecular formula is C13H10N6. The number of hydrogen-bond acceptors (Lipinski definition) is 4. The summed E-state index contributed by atoms with van der Waals surface area (Å²) in [7, 11) is 0. The number of aromatic amines is 1. The van der Waals surface area contributed by atoms with Crippen molar-refractivity contribution in [3.05, 3.63) is 42.7 Å². The summed E-state index contributed by atoms with van der Waals surface area (Å²) >= 11 is 0. The Morgan fingerprint density at radius 3 is 3.00 bits per heavy atom.